The summed E-state index contributed by atoms with van der Waals surface area (Å²) >= 11 is 0. The van der Waals surface area contributed by atoms with Gasteiger partial charge in [0.1, 0.15) is 0 Å². The first kappa shape index (κ1) is 13.3. The van der Waals surface area contributed by atoms with Crippen LogP contribution in [-0.2, 0) is 0 Å². The van der Waals surface area contributed by atoms with E-state index in [9.17, 15) is 5.11 Å². The van der Waals surface area contributed by atoms with Gasteiger partial charge >= 0.3 is 0 Å². The Labute approximate surface area is 109 Å². The van der Waals surface area contributed by atoms with Gasteiger partial charge in [0, 0.05) is 25.7 Å². The largest absolute Gasteiger partial charge is 0.387 e. The van der Waals surface area contributed by atoms with E-state index in [1.54, 1.807) is 6.92 Å². The van der Waals surface area contributed by atoms with E-state index in [2.05, 4.69) is 34.8 Å². The van der Waals surface area contributed by atoms with Crippen molar-refractivity contribution in [1.82, 2.24) is 9.88 Å². The van der Waals surface area contributed by atoms with Gasteiger partial charge in [-0.25, -0.2) is 0 Å². The first-order valence-electron chi connectivity index (χ1n) is 6.71. The summed E-state index contributed by atoms with van der Waals surface area (Å²) < 4.78 is 0. The van der Waals surface area contributed by atoms with E-state index in [0.29, 0.717) is 6.04 Å². The highest BCUT2D eigenvalue weighted by molar-refractivity contribution is 5.45. The van der Waals surface area contributed by atoms with Crippen LogP contribution in [0.1, 0.15) is 32.1 Å². The van der Waals surface area contributed by atoms with Gasteiger partial charge in [-0.3, -0.25) is 9.88 Å². The standard InChI is InChI=1S/C14H23N3O/c1-4-12-10-17(8-7-16(12)3)13-5-6-14(11(2)18)15-9-13/h5-6,9,11-12,18H,4,7-8,10H2,1-3H3. The van der Waals surface area contributed by atoms with Crippen molar-refractivity contribution in [3.05, 3.63) is 24.0 Å². The lowest BCUT2D eigenvalue weighted by Gasteiger charge is -2.40. The van der Waals surface area contributed by atoms with Crippen LogP contribution in [0, 0.1) is 0 Å². The molecule has 4 nitrogen and oxygen atoms in total. The predicted molar refractivity (Wildman–Crippen MR) is 73.8 cm³/mol. The van der Waals surface area contributed by atoms with Crippen molar-refractivity contribution in [2.24, 2.45) is 0 Å². The molecule has 0 bridgehead atoms. The number of rotatable bonds is 3. The summed E-state index contributed by atoms with van der Waals surface area (Å²) in [4.78, 5) is 9.12. The molecule has 0 radical (unpaired) electrons. The summed E-state index contributed by atoms with van der Waals surface area (Å²) in [7, 11) is 2.19. The fraction of sp³-hybridized carbons (Fsp3) is 0.643. The minimum atomic E-state index is -0.491. The molecular formula is C14H23N3O. The number of hydrogen-bond acceptors (Lipinski definition) is 4. The molecule has 1 saturated heterocycles. The second-order valence-corrected chi connectivity index (χ2v) is 5.11. The zero-order valence-electron chi connectivity index (χ0n) is 11.5. The van der Waals surface area contributed by atoms with E-state index in [0.717, 1.165) is 31.0 Å². The third-order valence-electron chi connectivity index (χ3n) is 3.81. The Morgan fingerprint density at radius 3 is 2.78 bits per heavy atom. The summed E-state index contributed by atoms with van der Waals surface area (Å²) in [5.41, 5.74) is 1.89. The highest BCUT2D eigenvalue weighted by atomic mass is 16.3. The summed E-state index contributed by atoms with van der Waals surface area (Å²) in [6, 6.07) is 4.60. The number of nitrogens with zero attached hydrogens (tertiary/aromatic N) is 3. The van der Waals surface area contributed by atoms with Crippen molar-refractivity contribution in [2.45, 2.75) is 32.4 Å². The fourth-order valence-electron chi connectivity index (χ4n) is 2.45. The number of hydrogen-bond donors (Lipinski definition) is 1. The molecule has 0 aromatic carbocycles. The Kier molecular flexibility index (Phi) is 4.19. The van der Waals surface area contributed by atoms with Gasteiger partial charge < -0.3 is 10.0 Å². The molecule has 2 atom stereocenters. The first-order valence-corrected chi connectivity index (χ1v) is 6.71. The van der Waals surface area contributed by atoms with Crippen molar-refractivity contribution in [3.8, 4) is 0 Å². The van der Waals surface area contributed by atoms with E-state index in [4.69, 9.17) is 0 Å². The molecule has 1 aromatic heterocycles. The second kappa shape index (κ2) is 5.67. The quantitative estimate of drug-likeness (QED) is 0.884. The van der Waals surface area contributed by atoms with E-state index in [1.807, 2.05) is 12.3 Å². The van der Waals surface area contributed by atoms with Crippen LogP contribution in [0.3, 0.4) is 0 Å². The third-order valence-corrected chi connectivity index (χ3v) is 3.81. The van der Waals surface area contributed by atoms with Crippen molar-refractivity contribution in [2.75, 3.05) is 31.6 Å². The molecule has 18 heavy (non-hydrogen) atoms. The molecule has 1 aliphatic heterocycles. The van der Waals surface area contributed by atoms with Crippen LogP contribution >= 0.6 is 0 Å². The molecule has 0 saturated carbocycles. The van der Waals surface area contributed by atoms with Gasteiger partial charge in [0.15, 0.2) is 0 Å². The molecule has 0 spiro atoms. The lowest BCUT2D eigenvalue weighted by atomic mass is 10.1. The fourth-order valence-corrected chi connectivity index (χ4v) is 2.45. The van der Waals surface area contributed by atoms with E-state index < -0.39 is 6.10 Å². The van der Waals surface area contributed by atoms with E-state index in [-0.39, 0.29) is 0 Å². The van der Waals surface area contributed by atoms with Gasteiger partial charge in [-0.2, -0.15) is 0 Å². The lowest BCUT2D eigenvalue weighted by Crippen LogP contribution is -2.51. The summed E-state index contributed by atoms with van der Waals surface area (Å²) in [5, 5.41) is 9.46. The third kappa shape index (κ3) is 2.82. The first-order chi connectivity index (χ1) is 8.61. The van der Waals surface area contributed by atoms with Gasteiger partial charge in [0.05, 0.1) is 23.7 Å². The van der Waals surface area contributed by atoms with Gasteiger partial charge in [0.25, 0.3) is 0 Å². The average molecular weight is 249 g/mol. The molecule has 1 N–H and O–H groups in total. The van der Waals surface area contributed by atoms with Gasteiger partial charge in [-0.05, 0) is 32.5 Å². The number of aliphatic hydroxyl groups is 1. The molecule has 1 fully saturated rings. The number of piperazine rings is 1. The molecular weight excluding hydrogens is 226 g/mol. The summed E-state index contributed by atoms with van der Waals surface area (Å²) in [6.07, 6.45) is 2.56. The minimum absolute atomic E-state index is 0.491. The van der Waals surface area contributed by atoms with Crippen LogP contribution in [0.5, 0.6) is 0 Å². The zero-order valence-corrected chi connectivity index (χ0v) is 11.5. The van der Waals surface area contributed by atoms with Crippen LogP contribution < -0.4 is 4.90 Å². The van der Waals surface area contributed by atoms with Crippen LogP contribution in [0.2, 0.25) is 0 Å². The second-order valence-electron chi connectivity index (χ2n) is 5.11. The Morgan fingerprint density at radius 2 is 2.22 bits per heavy atom. The van der Waals surface area contributed by atoms with Crippen LogP contribution in [-0.4, -0.2) is 47.7 Å². The monoisotopic (exact) mass is 249 g/mol. The smallest absolute Gasteiger partial charge is 0.0931 e. The maximum Gasteiger partial charge on any atom is 0.0931 e. The number of anilines is 1. The Bertz CT molecular complexity index is 377. The van der Waals surface area contributed by atoms with Gasteiger partial charge in [-0.1, -0.05) is 6.92 Å². The van der Waals surface area contributed by atoms with Crippen LogP contribution in [0.4, 0.5) is 5.69 Å². The van der Waals surface area contributed by atoms with Crippen LogP contribution in [0.25, 0.3) is 0 Å². The van der Waals surface area contributed by atoms with Crippen LogP contribution in [0.15, 0.2) is 18.3 Å². The predicted octanol–water partition coefficient (Wildman–Crippen LogP) is 1.67. The average Bonchev–Trinajstić information content (AvgIpc) is 2.39. The Morgan fingerprint density at radius 1 is 1.44 bits per heavy atom. The maximum absolute atomic E-state index is 9.46. The van der Waals surface area contributed by atoms with E-state index >= 15 is 0 Å². The topological polar surface area (TPSA) is 39.6 Å². The zero-order chi connectivity index (χ0) is 13.1. The molecule has 4 heteroatoms. The highest BCUT2D eigenvalue weighted by Crippen LogP contribution is 2.20. The SMILES string of the molecule is CCC1CN(c2ccc(C(C)O)nc2)CCN1C. The number of likely N-dealkylation sites (N-methyl/N-ethyl adjacent to an activating group) is 1. The molecule has 1 aliphatic rings. The summed E-state index contributed by atoms with van der Waals surface area (Å²) in [5.74, 6) is 0. The normalized spacial score (nSPS) is 23.1. The molecule has 0 aliphatic carbocycles. The maximum atomic E-state index is 9.46. The minimum Gasteiger partial charge on any atom is -0.387 e. The molecule has 2 rings (SSSR count). The number of pyridine rings is 1. The Balaban J connectivity index is 2.07. The molecule has 2 unspecified atom stereocenters. The molecule has 1 aromatic rings. The lowest BCUT2D eigenvalue weighted by molar-refractivity contribution is 0.194. The summed E-state index contributed by atoms with van der Waals surface area (Å²) in [6.45, 7) is 7.17. The molecule has 100 valence electrons. The number of aliphatic hydroxyl groups excluding tert-OH is 1. The van der Waals surface area contributed by atoms with E-state index in [1.165, 1.54) is 6.42 Å². The number of aromatic nitrogens is 1. The Hall–Kier alpha value is -1.13. The van der Waals surface area contributed by atoms with Crippen molar-refractivity contribution in [1.29, 1.82) is 0 Å². The van der Waals surface area contributed by atoms with Gasteiger partial charge in [-0.15, -0.1) is 0 Å². The van der Waals surface area contributed by atoms with Crippen molar-refractivity contribution >= 4 is 5.69 Å². The molecule has 0 amide bonds. The van der Waals surface area contributed by atoms with Crippen molar-refractivity contribution in [3.63, 3.8) is 0 Å². The van der Waals surface area contributed by atoms with Gasteiger partial charge in [0.2, 0.25) is 0 Å². The highest BCUT2D eigenvalue weighted by Gasteiger charge is 2.23. The molecule has 2 heterocycles. The van der Waals surface area contributed by atoms with Crippen molar-refractivity contribution < 1.29 is 5.11 Å².